The molecule has 1 aliphatic heterocycles. The number of hydrogen-bond donors (Lipinski definition) is 1. The van der Waals surface area contributed by atoms with E-state index in [0.717, 1.165) is 18.4 Å². The monoisotopic (exact) mass is 343 g/mol. The normalized spacial score (nSPS) is 16.8. The SMILES string of the molecule is CS(=O)(=O)N1CCCN(C(=O)c2ccc([N+](=O)[O-])c(O)c2)CC1. The van der Waals surface area contributed by atoms with Crippen LogP contribution in [0, 0.1) is 10.1 Å². The van der Waals surface area contributed by atoms with Crippen molar-refractivity contribution in [2.45, 2.75) is 6.42 Å². The molecule has 1 aliphatic rings. The van der Waals surface area contributed by atoms with E-state index in [-0.39, 0.29) is 18.7 Å². The van der Waals surface area contributed by atoms with Gasteiger partial charge in [-0.25, -0.2) is 12.7 Å². The summed E-state index contributed by atoms with van der Waals surface area (Å²) in [6.07, 6.45) is 1.62. The van der Waals surface area contributed by atoms with Crippen LogP contribution in [-0.2, 0) is 10.0 Å². The Balaban J connectivity index is 2.15. The minimum atomic E-state index is -3.30. The molecule has 0 aliphatic carbocycles. The quantitative estimate of drug-likeness (QED) is 0.626. The van der Waals surface area contributed by atoms with Crippen molar-refractivity contribution in [1.29, 1.82) is 0 Å². The van der Waals surface area contributed by atoms with Crippen molar-refractivity contribution in [2.75, 3.05) is 32.4 Å². The molecule has 1 aromatic carbocycles. The summed E-state index contributed by atoms with van der Waals surface area (Å²) in [6, 6.07) is 3.41. The number of hydrogen-bond acceptors (Lipinski definition) is 6. The van der Waals surface area contributed by atoms with E-state index in [2.05, 4.69) is 0 Å². The fraction of sp³-hybridized carbons (Fsp3) is 0.462. The maximum Gasteiger partial charge on any atom is 0.310 e. The number of phenolic OH excluding ortho intramolecular Hbond substituents is 1. The fourth-order valence-electron chi connectivity index (χ4n) is 2.42. The molecule has 0 aromatic heterocycles. The average Bonchev–Trinajstić information content (AvgIpc) is 2.71. The van der Waals surface area contributed by atoms with E-state index in [1.54, 1.807) is 0 Å². The zero-order valence-electron chi connectivity index (χ0n) is 12.5. The summed E-state index contributed by atoms with van der Waals surface area (Å²) in [5.74, 6) is -0.973. The van der Waals surface area contributed by atoms with E-state index in [1.807, 2.05) is 0 Å². The van der Waals surface area contributed by atoms with Crippen molar-refractivity contribution in [3.8, 4) is 5.75 Å². The molecule has 0 bridgehead atoms. The van der Waals surface area contributed by atoms with E-state index in [0.29, 0.717) is 19.5 Å². The highest BCUT2D eigenvalue weighted by Gasteiger charge is 2.25. The molecule has 0 unspecified atom stereocenters. The van der Waals surface area contributed by atoms with Gasteiger partial charge in [0.05, 0.1) is 11.2 Å². The second-order valence-corrected chi connectivity index (χ2v) is 7.25. The standard InChI is InChI=1S/C13H17N3O6S/c1-23(21,22)15-6-2-5-14(7-8-15)13(18)10-3-4-11(16(19)20)12(17)9-10/h3-4,9,17H,2,5-8H2,1H3. The first-order valence-corrected chi connectivity index (χ1v) is 8.77. The lowest BCUT2D eigenvalue weighted by Crippen LogP contribution is -2.36. The minimum Gasteiger partial charge on any atom is -0.502 e. The molecule has 0 radical (unpaired) electrons. The van der Waals surface area contributed by atoms with Crippen LogP contribution in [-0.4, -0.2) is 66.0 Å². The number of sulfonamides is 1. The minimum absolute atomic E-state index is 0.126. The van der Waals surface area contributed by atoms with E-state index >= 15 is 0 Å². The molecule has 0 spiro atoms. The van der Waals surface area contributed by atoms with Crippen molar-refractivity contribution in [1.82, 2.24) is 9.21 Å². The van der Waals surface area contributed by atoms with Gasteiger partial charge in [0.25, 0.3) is 5.91 Å². The van der Waals surface area contributed by atoms with Gasteiger partial charge in [0, 0.05) is 37.8 Å². The van der Waals surface area contributed by atoms with E-state index in [4.69, 9.17) is 0 Å². The summed E-state index contributed by atoms with van der Waals surface area (Å²) in [6.45, 7) is 1.14. The van der Waals surface area contributed by atoms with Gasteiger partial charge in [-0.3, -0.25) is 14.9 Å². The van der Waals surface area contributed by atoms with Gasteiger partial charge in [-0.2, -0.15) is 0 Å². The Morgan fingerprint density at radius 2 is 1.96 bits per heavy atom. The molecule has 2 rings (SSSR count). The summed E-state index contributed by atoms with van der Waals surface area (Å²) in [4.78, 5) is 23.8. The Morgan fingerprint density at radius 3 is 2.52 bits per heavy atom. The van der Waals surface area contributed by atoms with Crippen molar-refractivity contribution < 1.29 is 23.2 Å². The molecule has 1 aromatic rings. The molecule has 1 saturated heterocycles. The third kappa shape index (κ3) is 3.96. The van der Waals surface area contributed by atoms with Gasteiger partial charge >= 0.3 is 5.69 Å². The van der Waals surface area contributed by atoms with Gasteiger partial charge in [0.2, 0.25) is 10.0 Å². The highest BCUT2D eigenvalue weighted by atomic mass is 32.2. The number of carbonyl (C=O) groups is 1. The van der Waals surface area contributed by atoms with Crippen LogP contribution in [0.5, 0.6) is 5.75 Å². The van der Waals surface area contributed by atoms with Gasteiger partial charge in [0.1, 0.15) is 0 Å². The van der Waals surface area contributed by atoms with Gasteiger partial charge in [-0.15, -0.1) is 0 Å². The second-order valence-electron chi connectivity index (χ2n) is 5.27. The Morgan fingerprint density at radius 1 is 1.26 bits per heavy atom. The Labute approximate surface area is 133 Å². The molecule has 1 fully saturated rings. The summed E-state index contributed by atoms with van der Waals surface area (Å²) in [7, 11) is -3.30. The van der Waals surface area contributed by atoms with Crippen molar-refractivity contribution >= 4 is 21.6 Å². The molecule has 1 amide bonds. The Hall–Kier alpha value is -2.20. The van der Waals surface area contributed by atoms with Crippen LogP contribution in [0.2, 0.25) is 0 Å². The van der Waals surface area contributed by atoms with Crippen molar-refractivity contribution in [3.05, 3.63) is 33.9 Å². The van der Waals surface area contributed by atoms with Crippen LogP contribution in [0.15, 0.2) is 18.2 Å². The third-order valence-electron chi connectivity index (χ3n) is 3.63. The molecule has 1 N–H and O–H groups in total. The van der Waals surface area contributed by atoms with Gasteiger partial charge in [-0.1, -0.05) is 0 Å². The van der Waals surface area contributed by atoms with Crippen LogP contribution in [0.1, 0.15) is 16.8 Å². The smallest absolute Gasteiger partial charge is 0.310 e. The summed E-state index contributed by atoms with van der Waals surface area (Å²) in [5.41, 5.74) is -0.346. The maximum absolute atomic E-state index is 12.4. The Bertz CT molecular complexity index is 733. The maximum atomic E-state index is 12.4. The summed E-state index contributed by atoms with van der Waals surface area (Å²) in [5, 5.41) is 20.3. The number of nitro groups is 1. The molecule has 10 heteroatoms. The van der Waals surface area contributed by atoms with E-state index in [1.165, 1.54) is 15.3 Å². The molecule has 0 saturated carbocycles. The number of phenols is 1. The largest absolute Gasteiger partial charge is 0.502 e. The number of nitrogens with zero attached hydrogens (tertiary/aromatic N) is 3. The van der Waals surface area contributed by atoms with Gasteiger partial charge in [0.15, 0.2) is 5.75 Å². The topological polar surface area (TPSA) is 121 Å². The first-order valence-electron chi connectivity index (χ1n) is 6.92. The van der Waals surface area contributed by atoms with Crippen molar-refractivity contribution in [2.24, 2.45) is 0 Å². The van der Waals surface area contributed by atoms with Crippen LogP contribution in [0.25, 0.3) is 0 Å². The fourth-order valence-corrected chi connectivity index (χ4v) is 3.30. The number of carbonyl (C=O) groups excluding carboxylic acids is 1. The molecular weight excluding hydrogens is 326 g/mol. The Kier molecular flexibility index (Phi) is 4.85. The zero-order valence-corrected chi connectivity index (χ0v) is 13.3. The van der Waals surface area contributed by atoms with Crippen LogP contribution in [0.3, 0.4) is 0 Å². The lowest BCUT2D eigenvalue weighted by Gasteiger charge is -2.21. The lowest BCUT2D eigenvalue weighted by molar-refractivity contribution is -0.385. The zero-order chi connectivity index (χ0) is 17.2. The third-order valence-corrected chi connectivity index (χ3v) is 4.93. The van der Waals surface area contributed by atoms with Crippen molar-refractivity contribution in [3.63, 3.8) is 0 Å². The highest BCUT2D eigenvalue weighted by molar-refractivity contribution is 7.88. The summed E-state index contributed by atoms with van der Waals surface area (Å²) >= 11 is 0. The van der Waals surface area contributed by atoms with Crippen LogP contribution >= 0.6 is 0 Å². The molecule has 1 heterocycles. The number of amides is 1. The van der Waals surface area contributed by atoms with E-state index < -0.39 is 32.3 Å². The predicted molar refractivity (Wildman–Crippen MR) is 81.7 cm³/mol. The highest BCUT2D eigenvalue weighted by Crippen LogP contribution is 2.27. The number of aromatic hydroxyl groups is 1. The number of nitro benzene ring substituents is 1. The first kappa shape index (κ1) is 17.2. The molecular formula is C13H17N3O6S. The number of benzene rings is 1. The lowest BCUT2D eigenvalue weighted by atomic mass is 10.1. The van der Waals surface area contributed by atoms with Crippen LogP contribution in [0.4, 0.5) is 5.69 Å². The average molecular weight is 343 g/mol. The summed E-state index contributed by atoms with van der Waals surface area (Å²) < 4.78 is 24.4. The van der Waals surface area contributed by atoms with Gasteiger partial charge < -0.3 is 10.0 Å². The second kappa shape index (κ2) is 6.50. The first-order chi connectivity index (χ1) is 10.7. The van der Waals surface area contributed by atoms with Gasteiger partial charge in [-0.05, 0) is 18.6 Å². The molecule has 126 valence electrons. The molecule has 23 heavy (non-hydrogen) atoms. The predicted octanol–water partition coefficient (Wildman–Crippen LogP) is 0.408. The van der Waals surface area contributed by atoms with Crippen LogP contribution < -0.4 is 0 Å². The number of rotatable bonds is 3. The molecule has 0 atom stereocenters. The molecule has 9 nitrogen and oxygen atoms in total. The van der Waals surface area contributed by atoms with E-state index in [9.17, 15) is 28.4 Å².